The Morgan fingerprint density at radius 2 is 1.94 bits per heavy atom. The van der Waals surface area contributed by atoms with E-state index in [1.54, 1.807) is 7.05 Å². The van der Waals surface area contributed by atoms with E-state index in [0.29, 0.717) is 13.2 Å². The average molecular weight is 566 g/mol. The van der Waals surface area contributed by atoms with Crippen LogP contribution in [0.1, 0.15) is 30.4 Å². The molecule has 1 unspecified atom stereocenters. The molecule has 2 aromatic rings. The third-order valence-corrected chi connectivity index (χ3v) is 5.61. The second-order valence-electron chi connectivity index (χ2n) is 8.16. The molecular formula is C25H36IN5O2. The predicted octanol–water partition coefficient (Wildman–Crippen LogP) is 3.14. The summed E-state index contributed by atoms with van der Waals surface area (Å²) >= 11 is 0. The predicted molar refractivity (Wildman–Crippen MR) is 144 cm³/mol. The average Bonchev–Trinajstić information content (AvgIpc) is 2.82. The lowest BCUT2D eigenvalue weighted by Crippen LogP contribution is -2.40. The zero-order valence-electron chi connectivity index (χ0n) is 19.3. The van der Waals surface area contributed by atoms with Crippen LogP contribution in [0.2, 0.25) is 0 Å². The van der Waals surface area contributed by atoms with Crippen LogP contribution in [-0.4, -0.2) is 50.1 Å². The minimum absolute atomic E-state index is 0. The normalized spacial score (nSPS) is 16.5. The number of carbonyl (C=O) groups is 1. The van der Waals surface area contributed by atoms with Gasteiger partial charge in [-0.2, -0.15) is 0 Å². The van der Waals surface area contributed by atoms with E-state index in [2.05, 4.69) is 44.8 Å². The van der Waals surface area contributed by atoms with E-state index in [9.17, 15) is 4.79 Å². The maximum Gasteiger partial charge on any atom is 0.221 e. The quantitative estimate of drug-likeness (QED) is 0.178. The van der Waals surface area contributed by atoms with Gasteiger partial charge in [-0.05, 0) is 49.1 Å². The highest BCUT2D eigenvalue weighted by Gasteiger charge is 2.23. The largest absolute Gasteiger partial charge is 0.494 e. The van der Waals surface area contributed by atoms with Crippen molar-refractivity contribution in [1.29, 1.82) is 0 Å². The van der Waals surface area contributed by atoms with Gasteiger partial charge in [0.2, 0.25) is 5.91 Å². The number of rotatable bonds is 10. The van der Waals surface area contributed by atoms with Gasteiger partial charge in [0.05, 0.1) is 12.5 Å². The molecule has 4 N–H and O–H groups in total. The van der Waals surface area contributed by atoms with Crippen molar-refractivity contribution in [1.82, 2.24) is 15.5 Å². The van der Waals surface area contributed by atoms with Crippen LogP contribution in [0.15, 0.2) is 59.6 Å². The van der Waals surface area contributed by atoms with Crippen molar-refractivity contribution in [3.05, 3.63) is 65.7 Å². The molecule has 1 aliphatic heterocycles. The second kappa shape index (κ2) is 14.7. The van der Waals surface area contributed by atoms with Crippen molar-refractivity contribution in [2.24, 2.45) is 16.6 Å². The zero-order chi connectivity index (χ0) is 22.6. The number of carbonyl (C=O) groups excluding carboxylic acids is 1. The number of hydrogen-bond donors (Lipinski definition) is 3. The molecule has 0 aromatic heterocycles. The summed E-state index contributed by atoms with van der Waals surface area (Å²) in [4.78, 5) is 18.1. The van der Waals surface area contributed by atoms with Gasteiger partial charge in [0, 0.05) is 33.2 Å². The SMILES string of the molecule is CN=C(NCCCOc1ccccc1)NCc1cccc(CN2CCCC(C(N)=O)C2)c1.I. The molecule has 0 aliphatic carbocycles. The van der Waals surface area contributed by atoms with Gasteiger partial charge in [-0.1, -0.05) is 42.5 Å². The second-order valence-corrected chi connectivity index (χ2v) is 8.16. The summed E-state index contributed by atoms with van der Waals surface area (Å²) in [6.45, 7) is 4.73. The van der Waals surface area contributed by atoms with Crippen LogP contribution in [0.3, 0.4) is 0 Å². The van der Waals surface area contributed by atoms with Crippen LogP contribution in [0.5, 0.6) is 5.75 Å². The van der Waals surface area contributed by atoms with E-state index < -0.39 is 0 Å². The number of piperidine rings is 1. The summed E-state index contributed by atoms with van der Waals surface area (Å²) in [7, 11) is 1.78. The molecule has 180 valence electrons. The molecular weight excluding hydrogens is 529 g/mol. The number of nitrogens with two attached hydrogens (primary N) is 1. The number of amides is 1. The fourth-order valence-corrected chi connectivity index (χ4v) is 3.92. The summed E-state index contributed by atoms with van der Waals surface area (Å²) in [5, 5.41) is 6.70. The molecule has 0 spiro atoms. The number of primary amides is 1. The van der Waals surface area contributed by atoms with Gasteiger partial charge in [-0.3, -0.25) is 14.7 Å². The van der Waals surface area contributed by atoms with Crippen molar-refractivity contribution in [3.8, 4) is 5.75 Å². The summed E-state index contributed by atoms with van der Waals surface area (Å²) in [6.07, 6.45) is 2.81. The fraction of sp³-hybridized carbons (Fsp3) is 0.440. The van der Waals surface area contributed by atoms with Crippen LogP contribution in [0.4, 0.5) is 0 Å². The molecule has 1 fully saturated rings. The number of guanidine groups is 1. The van der Waals surface area contributed by atoms with E-state index in [1.807, 2.05) is 30.3 Å². The van der Waals surface area contributed by atoms with E-state index in [4.69, 9.17) is 10.5 Å². The first-order chi connectivity index (χ1) is 15.6. The molecule has 0 radical (unpaired) electrons. The number of aliphatic imine (C=N–C) groups is 1. The lowest BCUT2D eigenvalue weighted by atomic mass is 9.97. The van der Waals surface area contributed by atoms with Crippen LogP contribution < -0.4 is 21.1 Å². The number of hydrogen-bond acceptors (Lipinski definition) is 4. The molecule has 0 saturated carbocycles. The minimum atomic E-state index is -0.182. The number of likely N-dealkylation sites (tertiary alicyclic amines) is 1. The van der Waals surface area contributed by atoms with Crippen molar-refractivity contribution < 1.29 is 9.53 Å². The van der Waals surface area contributed by atoms with Crippen molar-refractivity contribution in [3.63, 3.8) is 0 Å². The number of nitrogens with zero attached hydrogens (tertiary/aromatic N) is 2. The Bertz CT molecular complexity index is 878. The van der Waals surface area contributed by atoms with Gasteiger partial charge in [0.1, 0.15) is 5.75 Å². The molecule has 0 bridgehead atoms. The molecule has 1 heterocycles. The summed E-state index contributed by atoms with van der Waals surface area (Å²) in [5.41, 5.74) is 7.95. The Morgan fingerprint density at radius 1 is 1.15 bits per heavy atom. The summed E-state index contributed by atoms with van der Waals surface area (Å²) < 4.78 is 5.72. The van der Waals surface area contributed by atoms with Gasteiger partial charge in [-0.15, -0.1) is 24.0 Å². The van der Waals surface area contributed by atoms with Crippen LogP contribution in [0.25, 0.3) is 0 Å². The van der Waals surface area contributed by atoms with Crippen molar-refractivity contribution in [2.75, 3.05) is 33.3 Å². The maximum absolute atomic E-state index is 11.5. The Labute approximate surface area is 214 Å². The first kappa shape index (κ1) is 26.9. The highest BCUT2D eigenvalue weighted by atomic mass is 127. The highest BCUT2D eigenvalue weighted by molar-refractivity contribution is 14.0. The van der Waals surface area contributed by atoms with E-state index in [0.717, 1.165) is 57.2 Å². The van der Waals surface area contributed by atoms with Gasteiger partial charge in [0.25, 0.3) is 0 Å². The highest BCUT2D eigenvalue weighted by Crippen LogP contribution is 2.18. The smallest absolute Gasteiger partial charge is 0.221 e. The number of benzene rings is 2. The van der Waals surface area contributed by atoms with Gasteiger partial charge >= 0.3 is 0 Å². The molecule has 2 aromatic carbocycles. The molecule has 1 amide bonds. The number of ether oxygens (including phenoxy) is 1. The van der Waals surface area contributed by atoms with Gasteiger partial charge in [-0.25, -0.2) is 0 Å². The zero-order valence-corrected chi connectivity index (χ0v) is 21.7. The lowest BCUT2D eigenvalue weighted by Gasteiger charge is -2.31. The Hall–Kier alpha value is -2.33. The first-order valence-corrected chi connectivity index (χ1v) is 11.4. The standard InChI is InChI=1S/C25H35N5O2.HI/c1-27-25(28-13-7-15-32-23-11-3-2-4-12-23)29-17-20-8-5-9-21(16-20)18-30-14-6-10-22(19-30)24(26)31;/h2-5,8-9,11-12,16,22H,6-7,10,13-15,17-19H2,1H3,(H2,26,31)(H2,27,28,29);1H. The first-order valence-electron chi connectivity index (χ1n) is 11.4. The molecule has 3 rings (SSSR count). The maximum atomic E-state index is 11.5. The molecule has 7 nitrogen and oxygen atoms in total. The lowest BCUT2D eigenvalue weighted by molar-refractivity contribution is -0.123. The van der Waals surface area contributed by atoms with Crippen LogP contribution >= 0.6 is 24.0 Å². The third kappa shape index (κ3) is 9.59. The Morgan fingerprint density at radius 3 is 2.70 bits per heavy atom. The minimum Gasteiger partial charge on any atom is -0.494 e. The van der Waals surface area contributed by atoms with E-state index in [1.165, 1.54) is 11.1 Å². The van der Waals surface area contributed by atoms with Crippen molar-refractivity contribution >= 4 is 35.8 Å². The molecule has 1 aliphatic rings. The molecule has 33 heavy (non-hydrogen) atoms. The van der Waals surface area contributed by atoms with Gasteiger partial charge < -0.3 is 21.1 Å². The molecule has 8 heteroatoms. The number of nitrogens with one attached hydrogen (secondary N) is 2. The molecule has 1 atom stereocenters. The number of halogens is 1. The Kier molecular flexibility index (Phi) is 12.0. The summed E-state index contributed by atoms with van der Waals surface area (Å²) in [5.74, 6) is 1.46. The van der Waals surface area contributed by atoms with E-state index in [-0.39, 0.29) is 35.8 Å². The summed E-state index contributed by atoms with van der Waals surface area (Å²) in [6, 6.07) is 18.4. The van der Waals surface area contributed by atoms with Gasteiger partial charge in [0.15, 0.2) is 5.96 Å². The topological polar surface area (TPSA) is 92.0 Å². The van der Waals surface area contributed by atoms with Crippen LogP contribution in [0, 0.1) is 5.92 Å². The molecule has 1 saturated heterocycles. The monoisotopic (exact) mass is 565 g/mol. The van der Waals surface area contributed by atoms with Crippen LogP contribution in [-0.2, 0) is 17.9 Å². The van der Waals surface area contributed by atoms with E-state index >= 15 is 0 Å². The third-order valence-electron chi connectivity index (χ3n) is 5.61. The fourth-order valence-electron chi connectivity index (χ4n) is 3.92. The Balaban J connectivity index is 0.00000385. The van der Waals surface area contributed by atoms with Crippen molar-refractivity contribution in [2.45, 2.75) is 32.4 Å². The number of para-hydroxylation sites is 1.